The van der Waals surface area contributed by atoms with Gasteiger partial charge in [0, 0.05) is 24.4 Å². The van der Waals surface area contributed by atoms with Crippen LogP contribution in [0, 0.1) is 0 Å². The van der Waals surface area contributed by atoms with Crippen molar-refractivity contribution in [3.8, 4) is 0 Å². The summed E-state index contributed by atoms with van der Waals surface area (Å²) in [5.74, 6) is 0. The molecular weight excluding hydrogens is 354 g/mol. The quantitative estimate of drug-likeness (QED) is 0.686. The minimum Gasteiger partial charge on any atom is -0.266 e. The van der Waals surface area contributed by atoms with Gasteiger partial charge in [-0.3, -0.25) is 9.29 Å². The first-order chi connectivity index (χ1) is 11.8. The van der Waals surface area contributed by atoms with Crippen LogP contribution >= 0.6 is 11.3 Å². The molecule has 0 N–H and O–H groups in total. The predicted octanol–water partition coefficient (Wildman–Crippen LogP) is 3.74. The van der Waals surface area contributed by atoms with Crippen molar-refractivity contribution in [2.45, 2.75) is 37.5 Å². The number of rotatable bonds is 2. The standard InChI is InChI=1S/C18H19N3O2S2/c1-18(2,3)17-20-14-5-4-13(10-16(14)24-17)25(22,23)21-9-7-12-11-19-8-6-15(12)21/h4-6,8,10-11H,7,9H2,1-3H3. The number of thiazole rings is 1. The van der Waals surface area contributed by atoms with Crippen molar-refractivity contribution in [2.24, 2.45) is 0 Å². The Hall–Kier alpha value is -1.99. The van der Waals surface area contributed by atoms with Gasteiger partial charge in [-0.1, -0.05) is 20.8 Å². The van der Waals surface area contributed by atoms with Crippen molar-refractivity contribution in [3.05, 3.63) is 47.2 Å². The minimum atomic E-state index is -3.59. The first kappa shape index (κ1) is 16.5. The predicted molar refractivity (Wildman–Crippen MR) is 101 cm³/mol. The molecule has 4 rings (SSSR count). The molecule has 0 amide bonds. The number of hydrogen-bond donors (Lipinski definition) is 0. The Bertz CT molecular complexity index is 1070. The Labute approximate surface area is 151 Å². The average Bonchev–Trinajstić information content (AvgIpc) is 3.18. The van der Waals surface area contributed by atoms with Crippen LogP contribution in [0.25, 0.3) is 10.2 Å². The topological polar surface area (TPSA) is 63.2 Å². The van der Waals surface area contributed by atoms with Crippen LogP contribution in [0.2, 0.25) is 0 Å². The van der Waals surface area contributed by atoms with Crippen molar-refractivity contribution in [1.29, 1.82) is 0 Å². The molecule has 2 aromatic heterocycles. The average molecular weight is 374 g/mol. The Morgan fingerprint density at radius 1 is 1.20 bits per heavy atom. The van der Waals surface area contributed by atoms with Gasteiger partial charge in [-0.15, -0.1) is 11.3 Å². The molecule has 0 saturated carbocycles. The molecule has 3 heterocycles. The zero-order chi connectivity index (χ0) is 17.8. The van der Waals surface area contributed by atoms with E-state index in [9.17, 15) is 8.42 Å². The van der Waals surface area contributed by atoms with Crippen molar-refractivity contribution < 1.29 is 8.42 Å². The van der Waals surface area contributed by atoms with E-state index in [1.165, 1.54) is 4.31 Å². The summed E-state index contributed by atoms with van der Waals surface area (Å²) >= 11 is 1.56. The molecule has 0 unspecified atom stereocenters. The summed E-state index contributed by atoms with van der Waals surface area (Å²) in [5.41, 5.74) is 2.50. The van der Waals surface area contributed by atoms with Gasteiger partial charge >= 0.3 is 0 Å². The van der Waals surface area contributed by atoms with Crippen molar-refractivity contribution in [3.63, 3.8) is 0 Å². The van der Waals surface area contributed by atoms with E-state index in [1.54, 1.807) is 48.0 Å². The number of aromatic nitrogens is 2. The molecule has 25 heavy (non-hydrogen) atoms. The number of nitrogens with zero attached hydrogens (tertiary/aromatic N) is 3. The molecule has 0 bridgehead atoms. The molecule has 0 fully saturated rings. The van der Waals surface area contributed by atoms with E-state index >= 15 is 0 Å². The molecule has 1 aliphatic heterocycles. The monoisotopic (exact) mass is 373 g/mol. The third kappa shape index (κ3) is 2.71. The molecule has 0 aliphatic carbocycles. The fraction of sp³-hybridized carbons (Fsp3) is 0.333. The van der Waals surface area contributed by atoms with Gasteiger partial charge in [0.05, 0.1) is 25.8 Å². The lowest BCUT2D eigenvalue weighted by atomic mass is 9.98. The van der Waals surface area contributed by atoms with Gasteiger partial charge in [0.15, 0.2) is 0 Å². The third-order valence-corrected chi connectivity index (χ3v) is 7.57. The Balaban J connectivity index is 1.79. The second-order valence-corrected chi connectivity index (χ2v) is 10.1. The summed E-state index contributed by atoms with van der Waals surface area (Å²) in [4.78, 5) is 9.04. The zero-order valence-electron chi connectivity index (χ0n) is 14.4. The lowest BCUT2D eigenvalue weighted by molar-refractivity contribution is 0.587. The van der Waals surface area contributed by atoms with Crippen molar-refractivity contribution >= 4 is 37.3 Å². The van der Waals surface area contributed by atoms with Crippen LogP contribution in [0.3, 0.4) is 0 Å². The fourth-order valence-electron chi connectivity index (χ4n) is 2.96. The summed E-state index contributed by atoms with van der Waals surface area (Å²) < 4.78 is 28.7. The summed E-state index contributed by atoms with van der Waals surface area (Å²) in [5, 5.41) is 1.01. The van der Waals surface area contributed by atoms with Crippen LogP contribution in [0.15, 0.2) is 41.6 Å². The molecule has 0 atom stereocenters. The molecule has 130 valence electrons. The van der Waals surface area contributed by atoms with E-state index in [-0.39, 0.29) is 5.41 Å². The first-order valence-corrected chi connectivity index (χ1v) is 10.4. The number of anilines is 1. The summed E-state index contributed by atoms with van der Waals surface area (Å²) in [7, 11) is -3.59. The van der Waals surface area contributed by atoms with Crippen LogP contribution < -0.4 is 4.31 Å². The lowest BCUT2D eigenvalue weighted by Gasteiger charge is -2.19. The van der Waals surface area contributed by atoms with Crippen LogP contribution in [-0.2, 0) is 21.9 Å². The molecule has 0 radical (unpaired) electrons. The van der Waals surface area contributed by atoms with Crippen LogP contribution in [-0.4, -0.2) is 24.9 Å². The van der Waals surface area contributed by atoms with Crippen molar-refractivity contribution in [2.75, 3.05) is 10.8 Å². The second-order valence-electron chi connectivity index (χ2n) is 7.23. The van der Waals surface area contributed by atoms with Gasteiger partial charge in [0.25, 0.3) is 10.0 Å². The molecule has 5 nitrogen and oxygen atoms in total. The molecule has 1 aromatic carbocycles. The van der Waals surface area contributed by atoms with E-state index in [0.29, 0.717) is 17.9 Å². The molecule has 0 spiro atoms. The third-order valence-electron chi connectivity index (χ3n) is 4.32. The van der Waals surface area contributed by atoms with Crippen LogP contribution in [0.1, 0.15) is 31.3 Å². The molecule has 1 aliphatic rings. The Kier molecular flexibility index (Phi) is 3.63. The summed E-state index contributed by atoms with van der Waals surface area (Å²) in [6.45, 7) is 6.78. The molecular formula is C18H19N3O2S2. The first-order valence-electron chi connectivity index (χ1n) is 8.13. The Morgan fingerprint density at radius 3 is 2.76 bits per heavy atom. The number of fused-ring (bicyclic) bond motifs is 2. The van der Waals surface area contributed by atoms with Gasteiger partial charge in [-0.05, 0) is 36.2 Å². The SMILES string of the molecule is CC(C)(C)c1nc2ccc(S(=O)(=O)N3CCc4cnccc43)cc2s1. The van der Waals surface area contributed by atoms with Crippen molar-refractivity contribution in [1.82, 2.24) is 9.97 Å². The van der Waals surface area contributed by atoms with E-state index in [4.69, 9.17) is 0 Å². The number of sulfonamides is 1. The van der Waals surface area contributed by atoms with Crippen LogP contribution in [0.5, 0.6) is 0 Å². The number of pyridine rings is 1. The molecule has 0 saturated heterocycles. The Morgan fingerprint density at radius 2 is 2.00 bits per heavy atom. The summed E-state index contributed by atoms with van der Waals surface area (Å²) in [6, 6.07) is 6.97. The highest BCUT2D eigenvalue weighted by Gasteiger charge is 2.31. The van der Waals surface area contributed by atoms with Crippen LogP contribution in [0.4, 0.5) is 5.69 Å². The van der Waals surface area contributed by atoms with Gasteiger partial charge in [-0.25, -0.2) is 13.4 Å². The molecule has 7 heteroatoms. The van der Waals surface area contributed by atoms with E-state index in [0.717, 1.165) is 26.5 Å². The van der Waals surface area contributed by atoms with E-state index in [2.05, 4.69) is 30.7 Å². The highest BCUT2D eigenvalue weighted by Crippen LogP contribution is 2.35. The van der Waals surface area contributed by atoms with Gasteiger partial charge in [0.2, 0.25) is 0 Å². The van der Waals surface area contributed by atoms with Gasteiger partial charge in [0.1, 0.15) is 0 Å². The highest BCUT2D eigenvalue weighted by atomic mass is 32.2. The smallest absolute Gasteiger partial charge is 0.264 e. The van der Waals surface area contributed by atoms with E-state index < -0.39 is 10.0 Å². The normalized spacial score (nSPS) is 14.9. The van der Waals surface area contributed by atoms with E-state index in [1.807, 2.05) is 0 Å². The maximum Gasteiger partial charge on any atom is 0.264 e. The largest absolute Gasteiger partial charge is 0.266 e. The van der Waals surface area contributed by atoms with Gasteiger partial charge < -0.3 is 0 Å². The highest BCUT2D eigenvalue weighted by molar-refractivity contribution is 7.92. The lowest BCUT2D eigenvalue weighted by Crippen LogP contribution is -2.29. The zero-order valence-corrected chi connectivity index (χ0v) is 16.0. The fourth-order valence-corrected chi connectivity index (χ4v) is 5.63. The number of hydrogen-bond acceptors (Lipinski definition) is 5. The molecule has 3 aromatic rings. The second kappa shape index (κ2) is 5.51. The maximum atomic E-state index is 13.1. The number of benzene rings is 1. The summed E-state index contributed by atoms with van der Waals surface area (Å²) in [6.07, 6.45) is 4.07. The maximum absolute atomic E-state index is 13.1. The minimum absolute atomic E-state index is 0.0520. The van der Waals surface area contributed by atoms with Gasteiger partial charge in [-0.2, -0.15) is 0 Å².